The molecule has 0 radical (unpaired) electrons. The smallest absolute Gasteiger partial charge is 0.331 e. The van der Waals surface area contributed by atoms with E-state index in [9.17, 15) is 35.1 Å². The minimum atomic E-state index is -1.43. The number of aldehydes is 1. The predicted octanol–water partition coefficient (Wildman–Crippen LogP) is 0.750. The van der Waals surface area contributed by atoms with Gasteiger partial charge in [0.1, 0.15) is 31.2 Å². The number of ether oxygens (including phenoxy) is 3. The predicted molar refractivity (Wildman–Crippen MR) is 135 cm³/mol. The highest BCUT2D eigenvalue weighted by Crippen LogP contribution is 2.70. The Morgan fingerprint density at radius 1 is 0.974 bits per heavy atom. The first-order chi connectivity index (χ1) is 18.4. The van der Waals surface area contributed by atoms with Gasteiger partial charge in [0.15, 0.2) is 6.29 Å². The van der Waals surface area contributed by atoms with Gasteiger partial charge < -0.3 is 44.5 Å². The monoisotopic (exact) mass is 550 g/mol. The van der Waals surface area contributed by atoms with Crippen molar-refractivity contribution in [3.8, 4) is 0 Å². The Balaban J connectivity index is 1.22. The number of fused-ring (bicyclic) bond motifs is 5. The number of cyclic esters (lactones) is 1. The van der Waals surface area contributed by atoms with Gasteiger partial charge in [-0.25, -0.2) is 4.79 Å². The molecule has 0 aromatic carbocycles. The summed E-state index contributed by atoms with van der Waals surface area (Å²) >= 11 is 0. The molecule has 218 valence electrons. The molecule has 0 bridgehead atoms. The van der Waals surface area contributed by atoms with Crippen LogP contribution < -0.4 is 0 Å². The van der Waals surface area contributed by atoms with Crippen LogP contribution in [0.5, 0.6) is 0 Å². The lowest BCUT2D eigenvalue weighted by Gasteiger charge is -2.65. The van der Waals surface area contributed by atoms with Crippen molar-refractivity contribution < 1.29 is 49.3 Å². The molecule has 0 aromatic heterocycles. The Hall–Kier alpha value is -1.40. The maximum atomic E-state index is 13.0. The summed E-state index contributed by atoms with van der Waals surface area (Å²) in [7, 11) is 0. The van der Waals surface area contributed by atoms with E-state index in [-0.39, 0.29) is 36.8 Å². The van der Waals surface area contributed by atoms with Gasteiger partial charge in [-0.2, -0.15) is 0 Å². The second-order valence-corrected chi connectivity index (χ2v) is 13.4. The molecule has 5 fully saturated rings. The first-order valence-electron chi connectivity index (χ1n) is 14.5. The number of hydrogen-bond donors (Lipinski definition) is 5. The lowest BCUT2D eigenvalue weighted by Crippen LogP contribution is -2.69. The van der Waals surface area contributed by atoms with Crippen molar-refractivity contribution in [1.82, 2.24) is 0 Å². The lowest BCUT2D eigenvalue weighted by atomic mass is 9.41. The zero-order valence-electron chi connectivity index (χ0n) is 22.7. The van der Waals surface area contributed by atoms with E-state index in [1.165, 1.54) is 0 Å². The molecule has 4 saturated carbocycles. The van der Waals surface area contributed by atoms with E-state index in [1.54, 1.807) is 13.0 Å². The number of aliphatic hydroxyl groups is 5. The largest absolute Gasteiger partial charge is 0.458 e. The molecular weight excluding hydrogens is 508 g/mol. The van der Waals surface area contributed by atoms with E-state index >= 15 is 0 Å². The molecule has 0 amide bonds. The molecule has 6 rings (SSSR count). The molecular formula is C29H42O10. The second kappa shape index (κ2) is 9.31. The van der Waals surface area contributed by atoms with Crippen molar-refractivity contribution in [2.45, 2.75) is 120 Å². The number of rotatable bonds is 4. The Morgan fingerprint density at radius 3 is 2.41 bits per heavy atom. The molecule has 2 heterocycles. The summed E-state index contributed by atoms with van der Waals surface area (Å²) in [6.45, 7) is 3.98. The average Bonchev–Trinajstić information content (AvgIpc) is 3.45. The molecule has 2 aliphatic heterocycles. The molecule has 4 aliphatic carbocycles. The van der Waals surface area contributed by atoms with E-state index in [1.807, 2.05) is 0 Å². The summed E-state index contributed by atoms with van der Waals surface area (Å²) < 4.78 is 16.9. The first-order valence-corrected chi connectivity index (χ1v) is 14.5. The summed E-state index contributed by atoms with van der Waals surface area (Å²) in [5.41, 5.74) is -2.86. The van der Waals surface area contributed by atoms with Crippen LogP contribution in [0, 0.1) is 28.6 Å². The minimum absolute atomic E-state index is 0.0465. The maximum Gasteiger partial charge on any atom is 0.331 e. The number of hydrogen-bond acceptors (Lipinski definition) is 10. The van der Waals surface area contributed by atoms with Crippen molar-refractivity contribution >= 4 is 12.3 Å². The number of aliphatic hydroxyl groups excluding tert-OH is 3. The molecule has 0 spiro atoms. The average molecular weight is 551 g/mol. The van der Waals surface area contributed by atoms with Crippen molar-refractivity contribution in [1.29, 1.82) is 0 Å². The van der Waals surface area contributed by atoms with E-state index in [0.29, 0.717) is 44.9 Å². The fourth-order valence-corrected chi connectivity index (χ4v) is 9.75. The van der Waals surface area contributed by atoms with E-state index < -0.39 is 58.8 Å². The minimum Gasteiger partial charge on any atom is -0.458 e. The number of carbonyl (C=O) groups is 2. The van der Waals surface area contributed by atoms with Gasteiger partial charge in [0.25, 0.3) is 0 Å². The van der Waals surface area contributed by atoms with E-state index in [0.717, 1.165) is 18.3 Å². The highest BCUT2D eigenvalue weighted by atomic mass is 16.7. The summed E-state index contributed by atoms with van der Waals surface area (Å²) in [5, 5.41) is 55.0. The fraction of sp³-hybridized carbons (Fsp3) is 0.862. The van der Waals surface area contributed by atoms with Crippen LogP contribution in [-0.4, -0.2) is 92.4 Å². The van der Waals surface area contributed by atoms with Crippen molar-refractivity contribution in [3.63, 3.8) is 0 Å². The van der Waals surface area contributed by atoms with Gasteiger partial charge in [-0.3, -0.25) is 0 Å². The van der Waals surface area contributed by atoms with Gasteiger partial charge in [0.2, 0.25) is 0 Å². The molecule has 0 unspecified atom stereocenters. The summed E-state index contributed by atoms with van der Waals surface area (Å²) in [6.07, 6.45) is 0.689. The quantitative estimate of drug-likeness (QED) is 0.192. The number of carbonyl (C=O) groups excluding carboxylic acids is 2. The van der Waals surface area contributed by atoms with Gasteiger partial charge in [0, 0.05) is 17.9 Å². The summed E-state index contributed by atoms with van der Waals surface area (Å²) in [6, 6.07) is 0. The molecule has 10 heteroatoms. The second-order valence-electron chi connectivity index (χ2n) is 13.4. The van der Waals surface area contributed by atoms with Crippen LogP contribution in [0.3, 0.4) is 0 Å². The molecule has 5 N–H and O–H groups in total. The van der Waals surface area contributed by atoms with Gasteiger partial charge in [-0.05, 0) is 81.6 Å². The molecule has 0 aromatic rings. The Bertz CT molecular complexity index is 1050. The maximum absolute atomic E-state index is 13.0. The van der Waals surface area contributed by atoms with Crippen LogP contribution in [0.4, 0.5) is 0 Å². The third-order valence-corrected chi connectivity index (χ3v) is 12.0. The lowest BCUT2D eigenvalue weighted by molar-refractivity contribution is -0.317. The van der Waals surface area contributed by atoms with Gasteiger partial charge in [0.05, 0.1) is 28.8 Å². The third-order valence-electron chi connectivity index (χ3n) is 12.0. The Labute approximate surface area is 228 Å². The zero-order valence-corrected chi connectivity index (χ0v) is 22.7. The SMILES string of the molecule is C[C@@H]1O[C@@H](O[C@H]2CC[C@]3(C=O)[C@H]4CC[C@]5(C)[C@@H](C6=CC(=O)OC6)CC[C@]5(O)[C@@H]4CC[C@]3(O)C2)[C@H](O)[C@@H](O)[C@@H]1O. The Morgan fingerprint density at radius 2 is 1.72 bits per heavy atom. The van der Waals surface area contributed by atoms with Crippen LogP contribution in [0.1, 0.15) is 71.6 Å². The summed E-state index contributed by atoms with van der Waals surface area (Å²) in [5.74, 6) is -0.616. The van der Waals surface area contributed by atoms with Crippen molar-refractivity contribution in [2.75, 3.05) is 6.61 Å². The van der Waals surface area contributed by atoms with Crippen LogP contribution in [0.15, 0.2) is 11.6 Å². The fourth-order valence-electron chi connectivity index (χ4n) is 9.75. The van der Waals surface area contributed by atoms with Crippen LogP contribution in [-0.2, 0) is 23.8 Å². The third kappa shape index (κ3) is 3.78. The van der Waals surface area contributed by atoms with Crippen LogP contribution >= 0.6 is 0 Å². The van der Waals surface area contributed by atoms with Crippen LogP contribution in [0.25, 0.3) is 0 Å². The standard InChI is InChI=1S/C29H42O10/c1-15-22(32)23(33)24(34)25(38-15)39-17-3-8-27(14-30)19-4-7-26(2)18(16-11-21(31)37-13-16)6-10-29(26,36)20(19)5-9-28(27,35)12-17/h11,14-15,17-20,22-25,32-36H,3-10,12-13H2,1-2H3/t15-,17-,18+,19-,20+,22+,23-,24+,25-,26+,27-,28-,29-/m0/s1. The molecule has 10 nitrogen and oxygen atoms in total. The zero-order chi connectivity index (χ0) is 28.0. The Kier molecular flexibility index (Phi) is 6.62. The van der Waals surface area contributed by atoms with Crippen LogP contribution in [0.2, 0.25) is 0 Å². The molecule has 6 aliphatic rings. The molecule has 39 heavy (non-hydrogen) atoms. The first kappa shape index (κ1) is 27.8. The molecule has 1 saturated heterocycles. The van der Waals surface area contributed by atoms with E-state index in [4.69, 9.17) is 14.2 Å². The number of esters is 1. The topological polar surface area (TPSA) is 163 Å². The summed E-state index contributed by atoms with van der Waals surface area (Å²) in [4.78, 5) is 24.8. The highest BCUT2D eigenvalue weighted by molar-refractivity contribution is 5.85. The molecule has 13 atom stereocenters. The normalized spacial score (nSPS) is 55.2. The van der Waals surface area contributed by atoms with Crippen molar-refractivity contribution in [2.24, 2.45) is 28.6 Å². The van der Waals surface area contributed by atoms with Gasteiger partial charge in [-0.1, -0.05) is 6.92 Å². The van der Waals surface area contributed by atoms with Gasteiger partial charge in [-0.15, -0.1) is 0 Å². The van der Waals surface area contributed by atoms with Gasteiger partial charge >= 0.3 is 5.97 Å². The highest BCUT2D eigenvalue weighted by Gasteiger charge is 2.71. The van der Waals surface area contributed by atoms with E-state index in [2.05, 4.69) is 6.92 Å². The van der Waals surface area contributed by atoms with Crippen molar-refractivity contribution in [3.05, 3.63) is 11.6 Å².